The Morgan fingerprint density at radius 3 is 2.52 bits per heavy atom. The number of carboxylic acids is 1. The first-order chi connectivity index (χ1) is 14.6. The maximum absolute atomic E-state index is 13.3. The minimum Gasteiger partial charge on any atom is -0.481 e. The topological polar surface area (TPSA) is 87.0 Å². The molecule has 2 aliphatic rings. The van der Waals surface area contributed by atoms with Crippen LogP contribution in [0, 0.1) is 29.6 Å². The molecule has 0 radical (unpaired) electrons. The summed E-state index contributed by atoms with van der Waals surface area (Å²) in [5.74, 6) is -3.11. The molecule has 1 saturated carbocycles. The van der Waals surface area contributed by atoms with Crippen molar-refractivity contribution in [1.82, 2.24) is 0 Å². The van der Waals surface area contributed by atoms with E-state index in [4.69, 9.17) is 9.84 Å². The summed E-state index contributed by atoms with van der Waals surface area (Å²) < 4.78 is 46.1. The number of hydrogen-bond acceptors (Lipinski definition) is 4. The average molecular weight is 451 g/mol. The molecule has 2 fully saturated rings. The number of carboxylic acid groups (broad SMARTS) is 1. The summed E-state index contributed by atoms with van der Waals surface area (Å²) in [6.07, 6.45) is 1.22. The number of fused-ring (bicyclic) bond motifs is 1. The SMILES string of the molecule is CCCC[C@H]([C@H](O)C=C[C@H]1[C@H](CO)C[C@@H]2O[C@@H](CCCC(C)C(=O)O)C[C@H]12)C(F)(F)F. The monoisotopic (exact) mass is 450 g/mol. The van der Waals surface area contributed by atoms with Gasteiger partial charge in [0.15, 0.2) is 0 Å². The summed E-state index contributed by atoms with van der Waals surface area (Å²) in [7, 11) is 0. The Hall–Kier alpha value is -1.12. The Labute approximate surface area is 182 Å². The molecular formula is C23H37F3O5. The normalized spacial score (nSPS) is 31.6. The third-order valence-electron chi connectivity index (χ3n) is 7.00. The van der Waals surface area contributed by atoms with Crippen molar-refractivity contribution in [3.63, 3.8) is 0 Å². The van der Waals surface area contributed by atoms with Crippen LogP contribution in [0.5, 0.6) is 0 Å². The third kappa shape index (κ3) is 7.19. The van der Waals surface area contributed by atoms with Gasteiger partial charge in [0, 0.05) is 6.61 Å². The highest BCUT2D eigenvalue weighted by molar-refractivity contribution is 5.69. The number of aliphatic carboxylic acids is 1. The fourth-order valence-electron chi connectivity index (χ4n) is 5.08. The van der Waals surface area contributed by atoms with Crippen molar-refractivity contribution in [2.24, 2.45) is 29.6 Å². The second kappa shape index (κ2) is 11.7. The Morgan fingerprint density at radius 2 is 1.94 bits per heavy atom. The van der Waals surface area contributed by atoms with Gasteiger partial charge in [-0.1, -0.05) is 45.3 Å². The van der Waals surface area contributed by atoms with Crippen LogP contribution in [0.25, 0.3) is 0 Å². The van der Waals surface area contributed by atoms with Crippen molar-refractivity contribution in [2.45, 2.75) is 89.7 Å². The van der Waals surface area contributed by atoms with Gasteiger partial charge in [0.2, 0.25) is 0 Å². The van der Waals surface area contributed by atoms with E-state index in [1.54, 1.807) is 13.0 Å². The van der Waals surface area contributed by atoms with Gasteiger partial charge in [0.1, 0.15) is 0 Å². The predicted octanol–water partition coefficient (Wildman–Crippen LogP) is 4.57. The molecule has 0 aromatic heterocycles. The number of ether oxygens (including phenoxy) is 1. The molecule has 8 atom stereocenters. The van der Waals surface area contributed by atoms with Crippen molar-refractivity contribution >= 4 is 5.97 Å². The van der Waals surface area contributed by atoms with E-state index in [9.17, 15) is 28.2 Å². The van der Waals surface area contributed by atoms with Crippen LogP contribution in [-0.4, -0.2) is 52.4 Å². The van der Waals surface area contributed by atoms with E-state index in [0.29, 0.717) is 25.7 Å². The first-order valence-corrected chi connectivity index (χ1v) is 11.5. The van der Waals surface area contributed by atoms with E-state index in [0.717, 1.165) is 19.3 Å². The van der Waals surface area contributed by atoms with Gasteiger partial charge in [-0.3, -0.25) is 4.79 Å². The van der Waals surface area contributed by atoms with E-state index < -0.39 is 30.1 Å². The fraction of sp³-hybridized carbons (Fsp3) is 0.870. The molecule has 1 unspecified atom stereocenters. The standard InChI is InChI=1S/C23H37F3O5/c1-3-4-8-19(23(24,25)26)20(28)10-9-17-15(13-27)11-21-18(17)12-16(31-21)7-5-6-14(2)22(29)30/h9-10,14-21,27-28H,3-8,11-13H2,1-2H3,(H,29,30)/t14?,15-,16-,17-,18+,19+,20+,21-/m0/s1. The number of hydrogen-bond donors (Lipinski definition) is 3. The average Bonchev–Trinajstić information content (AvgIpc) is 3.22. The molecule has 0 aromatic carbocycles. The molecule has 1 heterocycles. The number of alkyl halides is 3. The largest absolute Gasteiger partial charge is 0.481 e. The minimum atomic E-state index is -4.46. The molecule has 2 rings (SSSR count). The second-order valence-electron chi connectivity index (χ2n) is 9.29. The summed E-state index contributed by atoms with van der Waals surface area (Å²) in [4.78, 5) is 10.9. The number of halogens is 3. The van der Waals surface area contributed by atoms with Crippen LogP contribution < -0.4 is 0 Å². The van der Waals surface area contributed by atoms with Crippen LogP contribution in [0.15, 0.2) is 12.2 Å². The zero-order valence-corrected chi connectivity index (χ0v) is 18.4. The first-order valence-electron chi connectivity index (χ1n) is 11.5. The van der Waals surface area contributed by atoms with Crippen molar-refractivity contribution in [1.29, 1.82) is 0 Å². The van der Waals surface area contributed by atoms with Crippen molar-refractivity contribution in [3.8, 4) is 0 Å². The number of aliphatic hydroxyl groups excluding tert-OH is 2. The zero-order valence-electron chi connectivity index (χ0n) is 18.4. The molecule has 180 valence electrons. The van der Waals surface area contributed by atoms with Crippen molar-refractivity contribution in [2.75, 3.05) is 6.61 Å². The number of aliphatic hydroxyl groups is 2. The van der Waals surface area contributed by atoms with Crippen LogP contribution in [0.3, 0.4) is 0 Å². The summed E-state index contributed by atoms with van der Waals surface area (Å²) in [5.41, 5.74) is 0. The van der Waals surface area contributed by atoms with E-state index in [2.05, 4.69) is 0 Å². The summed E-state index contributed by atoms with van der Waals surface area (Å²) in [6, 6.07) is 0. The van der Waals surface area contributed by atoms with E-state index in [1.165, 1.54) is 6.08 Å². The second-order valence-corrected chi connectivity index (χ2v) is 9.29. The molecular weight excluding hydrogens is 413 g/mol. The summed E-state index contributed by atoms with van der Waals surface area (Å²) in [6.45, 7) is 3.43. The van der Waals surface area contributed by atoms with Crippen LogP contribution in [0.2, 0.25) is 0 Å². The summed E-state index contributed by atoms with van der Waals surface area (Å²) >= 11 is 0. The van der Waals surface area contributed by atoms with Crippen molar-refractivity contribution < 1.29 is 38.0 Å². The Kier molecular flexibility index (Phi) is 9.83. The van der Waals surface area contributed by atoms with Crippen molar-refractivity contribution in [3.05, 3.63) is 12.2 Å². The van der Waals surface area contributed by atoms with Crippen LogP contribution in [0.4, 0.5) is 13.2 Å². The van der Waals surface area contributed by atoms with Gasteiger partial charge >= 0.3 is 12.1 Å². The van der Waals surface area contributed by atoms with Gasteiger partial charge in [0.25, 0.3) is 0 Å². The molecule has 1 aliphatic heterocycles. The van der Waals surface area contributed by atoms with Gasteiger partial charge in [-0.2, -0.15) is 13.2 Å². The number of rotatable bonds is 12. The highest BCUT2D eigenvalue weighted by Crippen LogP contribution is 2.48. The molecule has 0 bridgehead atoms. The van der Waals surface area contributed by atoms with Crippen LogP contribution >= 0.6 is 0 Å². The van der Waals surface area contributed by atoms with Gasteiger partial charge in [0.05, 0.1) is 30.1 Å². The zero-order chi connectivity index (χ0) is 23.2. The van der Waals surface area contributed by atoms with Gasteiger partial charge < -0.3 is 20.1 Å². The lowest BCUT2D eigenvalue weighted by Gasteiger charge is -2.25. The van der Waals surface area contributed by atoms with Gasteiger partial charge in [-0.05, 0) is 49.9 Å². The third-order valence-corrected chi connectivity index (χ3v) is 7.00. The molecule has 5 nitrogen and oxygen atoms in total. The Morgan fingerprint density at radius 1 is 1.23 bits per heavy atom. The highest BCUT2D eigenvalue weighted by Gasteiger charge is 2.48. The highest BCUT2D eigenvalue weighted by atomic mass is 19.4. The number of unbranched alkanes of at least 4 members (excludes halogenated alkanes) is 1. The van der Waals surface area contributed by atoms with Crippen LogP contribution in [0.1, 0.15) is 65.2 Å². The first kappa shape index (κ1) is 26.1. The Balaban J connectivity index is 1.97. The predicted molar refractivity (Wildman–Crippen MR) is 110 cm³/mol. The molecule has 3 N–H and O–H groups in total. The maximum atomic E-state index is 13.3. The quantitative estimate of drug-likeness (QED) is 0.379. The summed E-state index contributed by atoms with van der Waals surface area (Å²) in [5, 5.41) is 29.0. The molecule has 1 aliphatic carbocycles. The van der Waals surface area contributed by atoms with Crippen LogP contribution in [-0.2, 0) is 9.53 Å². The molecule has 31 heavy (non-hydrogen) atoms. The molecule has 0 spiro atoms. The van der Waals surface area contributed by atoms with Gasteiger partial charge in [-0.25, -0.2) is 0 Å². The van der Waals surface area contributed by atoms with Gasteiger partial charge in [-0.15, -0.1) is 0 Å². The lowest BCUT2D eigenvalue weighted by molar-refractivity contribution is -0.195. The van der Waals surface area contributed by atoms with E-state index in [1.807, 2.05) is 6.92 Å². The molecule has 1 saturated heterocycles. The maximum Gasteiger partial charge on any atom is 0.394 e. The minimum absolute atomic E-state index is 0.00365. The van der Waals surface area contributed by atoms with E-state index >= 15 is 0 Å². The molecule has 8 heteroatoms. The smallest absolute Gasteiger partial charge is 0.394 e. The number of carbonyl (C=O) groups is 1. The molecule has 0 aromatic rings. The molecule has 0 amide bonds. The lowest BCUT2D eigenvalue weighted by atomic mass is 9.84. The fourth-order valence-corrected chi connectivity index (χ4v) is 5.08. The lowest BCUT2D eigenvalue weighted by Crippen LogP contribution is -2.33. The van der Waals surface area contributed by atoms with E-state index in [-0.39, 0.29) is 43.0 Å². The Bertz CT molecular complexity index is 594. The number of allylic oxidation sites excluding steroid dienone is 1.